The van der Waals surface area contributed by atoms with Gasteiger partial charge in [0.25, 0.3) is 0 Å². The molecule has 0 fully saturated rings. The van der Waals surface area contributed by atoms with E-state index in [9.17, 15) is 4.39 Å². The minimum atomic E-state index is -0.328. The highest BCUT2D eigenvalue weighted by Crippen LogP contribution is 2.32. The number of nitrogens with one attached hydrogen (secondary N) is 2. The fourth-order valence-corrected chi connectivity index (χ4v) is 2.93. The van der Waals surface area contributed by atoms with Gasteiger partial charge in [-0.2, -0.15) is 5.10 Å². The van der Waals surface area contributed by atoms with Gasteiger partial charge in [0.15, 0.2) is 5.75 Å². The van der Waals surface area contributed by atoms with Gasteiger partial charge in [-0.05, 0) is 35.7 Å². The first-order chi connectivity index (χ1) is 12.2. The average molecular weight is 336 g/mol. The zero-order valence-corrected chi connectivity index (χ0v) is 13.7. The largest absolute Gasteiger partial charge is 0.437 e. The number of ether oxygens (including phenoxy) is 1. The van der Waals surface area contributed by atoms with Crippen molar-refractivity contribution in [3.05, 3.63) is 71.6 Å². The second-order valence-electron chi connectivity index (χ2n) is 5.86. The van der Waals surface area contributed by atoms with Crippen LogP contribution in [0.25, 0.3) is 10.9 Å². The monoisotopic (exact) mass is 336 g/mol. The lowest BCUT2D eigenvalue weighted by molar-refractivity contribution is 0.462. The van der Waals surface area contributed by atoms with Gasteiger partial charge in [-0.15, -0.1) is 0 Å². The summed E-state index contributed by atoms with van der Waals surface area (Å²) in [6.07, 6.45) is 6.80. The topological polar surface area (TPSA) is 66.6 Å². The Bertz CT molecular complexity index is 1010. The third kappa shape index (κ3) is 3.10. The van der Waals surface area contributed by atoms with Crippen LogP contribution in [-0.4, -0.2) is 20.2 Å². The molecule has 1 aromatic carbocycles. The molecule has 126 valence electrons. The first-order valence-corrected chi connectivity index (χ1v) is 8.13. The van der Waals surface area contributed by atoms with Gasteiger partial charge in [0.2, 0.25) is 5.88 Å². The number of H-pyrrole nitrogens is 2. The first-order valence-electron chi connectivity index (χ1n) is 8.13. The number of halogens is 1. The highest BCUT2D eigenvalue weighted by molar-refractivity contribution is 5.88. The van der Waals surface area contributed by atoms with Crippen molar-refractivity contribution in [3.63, 3.8) is 0 Å². The Hall–Kier alpha value is -3.15. The van der Waals surface area contributed by atoms with Crippen molar-refractivity contribution in [2.75, 3.05) is 0 Å². The van der Waals surface area contributed by atoms with Crippen molar-refractivity contribution >= 4 is 10.9 Å². The lowest BCUT2D eigenvalue weighted by Crippen LogP contribution is -1.94. The zero-order valence-electron chi connectivity index (χ0n) is 13.7. The first kappa shape index (κ1) is 15.4. The predicted octanol–water partition coefficient (Wildman–Crippen LogP) is 4.37. The normalized spacial score (nSPS) is 11.1. The molecule has 3 heterocycles. The summed E-state index contributed by atoms with van der Waals surface area (Å²) in [5.74, 6) is 0.530. The number of nitrogens with zero attached hydrogens (tertiary/aromatic N) is 2. The van der Waals surface area contributed by atoms with E-state index in [1.165, 1.54) is 12.1 Å². The van der Waals surface area contributed by atoms with Gasteiger partial charge in [-0.1, -0.05) is 6.92 Å². The molecular weight excluding hydrogens is 319 g/mol. The molecule has 0 unspecified atom stereocenters. The molecule has 4 rings (SSSR count). The summed E-state index contributed by atoms with van der Waals surface area (Å²) in [4.78, 5) is 7.42. The molecule has 5 nitrogen and oxygen atoms in total. The minimum absolute atomic E-state index is 0.328. The fraction of sp³-hybridized carbons (Fsp3) is 0.158. The quantitative estimate of drug-likeness (QED) is 0.569. The van der Waals surface area contributed by atoms with Crippen LogP contribution in [0.3, 0.4) is 0 Å². The standard InChI is InChI=1S/C19H17FN4O/c1-2-13-11-22-19-16(13)9-14(20)10-17(19)25-18-8-12(3-5-21-18)7-15-4-6-23-24-15/h3-6,8-11,22H,2,7H2,1H3,(H,23,24). The summed E-state index contributed by atoms with van der Waals surface area (Å²) in [7, 11) is 0. The van der Waals surface area contributed by atoms with Crippen LogP contribution in [0.2, 0.25) is 0 Å². The minimum Gasteiger partial charge on any atom is -0.437 e. The molecule has 0 aliphatic carbocycles. The Kier molecular flexibility index (Phi) is 3.93. The molecule has 0 atom stereocenters. The van der Waals surface area contributed by atoms with Crippen LogP contribution < -0.4 is 4.74 Å². The molecule has 0 aliphatic rings. The van der Waals surface area contributed by atoms with Crippen molar-refractivity contribution in [2.24, 2.45) is 0 Å². The molecule has 2 N–H and O–H groups in total. The molecule has 0 spiro atoms. The maximum absolute atomic E-state index is 14.0. The number of fused-ring (bicyclic) bond motifs is 1. The molecule has 4 aromatic rings. The van der Waals surface area contributed by atoms with E-state index in [4.69, 9.17) is 4.74 Å². The highest BCUT2D eigenvalue weighted by atomic mass is 19.1. The summed E-state index contributed by atoms with van der Waals surface area (Å²) in [5.41, 5.74) is 3.87. The summed E-state index contributed by atoms with van der Waals surface area (Å²) in [6, 6.07) is 8.59. The Morgan fingerprint density at radius 1 is 1.16 bits per heavy atom. The van der Waals surface area contributed by atoms with Crippen LogP contribution in [-0.2, 0) is 12.8 Å². The molecule has 0 saturated carbocycles. The van der Waals surface area contributed by atoms with E-state index in [2.05, 4.69) is 20.2 Å². The fourth-order valence-electron chi connectivity index (χ4n) is 2.93. The Labute approximate surface area is 143 Å². The van der Waals surface area contributed by atoms with Crippen molar-refractivity contribution in [3.8, 4) is 11.6 Å². The van der Waals surface area contributed by atoms with Gasteiger partial charge < -0.3 is 9.72 Å². The summed E-state index contributed by atoms with van der Waals surface area (Å²) in [5, 5.41) is 7.71. The molecule has 0 saturated heterocycles. The van der Waals surface area contributed by atoms with E-state index in [0.29, 0.717) is 18.1 Å². The number of benzene rings is 1. The van der Waals surface area contributed by atoms with Crippen molar-refractivity contribution in [1.82, 2.24) is 20.2 Å². The van der Waals surface area contributed by atoms with E-state index < -0.39 is 0 Å². The maximum Gasteiger partial charge on any atom is 0.219 e. The Balaban J connectivity index is 1.66. The van der Waals surface area contributed by atoms with E-state index in [1.807, 2.05) is 31.3 Å². The smallest absolute Gasteiger partial charge is 0.219 e. The van der Waals surface area contributed by atoms with Crippen LogP contribution in [0.5, 0.6) is 11.6 Å². The highest BCUT2D eigenvalue weighted by Gasteiger charge is 2.12. The number of hydrogen-bond acceptors (Lipinski definition) is 3. The van der Waals surface area contributed by atoms with E-state index in [1.54, 1.807) is 12.4 Å². The van der Waals surface area contributed by atoms with Crippen molar-refractivity contribution < 1.29 is 9.13 Å². The second kappa shape index (κ2) is 6.39. The van der Waals surface area contributed by atoms with Crippen LogP contribution in [0.15, 0.2) is 48.9 Å². The molecule has 0 bridgehead atoms. The number of hydrogen-bond donors (Lipinski definition) is 2. The zero-order chi connectivity index (χ0) is 17.2. The van der Waals surface area contributed by atoms with Crippen LogP contribution >= 0.6 is 0 Å². The molecule has 3 aromatic heterocycles. The summed E-state index contributed by atoms with van der Waals surface area (Å²) in [6.45, 7) is 2.04. The predicted molar refractivity (Wildman–Crippen MR) is 93.3 cm³/mol. The number of aromatic amines is 2. The number of aromatic nitrogens is 4. The van der Waals surface area contributed by atoms with E-state index in [-0.39, 0.29) is 5.82 Å². The van der Waals surface area contributed by atoms with Gasteiger partial charge in [-0.3, -0.25) is 5.10 Å². The average Bonchev–Trinajstić information content (AvgIpc) is 3.24. The third-order valence-corrected chi connectivity index (χ3v) is 4.15. The van der Waals surface area contributed by atoms with Crippen LogP contribution in [0, 0.1) is 5.82 Å². The number of pyridine rings is 1. The Morgan fingerprint density at radius 3 is 2.88 bits per heavy atom. The number of aryl methyl sites for hydroxylation is 1. The molecular formula is C19H17FN4O. The molecule has 0 aliphatic heterocycles. The molecule has 6 heteroatoms. The Morgan fingerprint density at radius 2 is 2.08 bits per heavy atom. The van der Waals surface area contributed by atoms with E-state index in [0.717, 1.165) is 34.1 Å². The van der Waals surface area contributed by atoms with Crippen LogP contribution in [0.1, 0.15) is 23.7 Å². The van der Waals surface area contributed by atoms with Gasteiger partial charge in [0, 0.05) is 48.2 Å². The lowest BCUT2D eigenvalue weighted by atomic mass is 10.1. The second-order valence-corrected chi connectivity index (χ2v) is 5.86. The van der Waals surface area contributed by atoms with Crippen LogP contribution in [0.4, 0.5) is 4.39 Å². The van der Waals surface area contributed by atoms with Gasteiger partial charge >= 0.3 is 0 Å². The van der Waals surface area contributed by atoms with E-state index >= 15 is 0 Å². The maximum atomic E-state index is 14.0. The summed E-state index contributed by atoms with van der Waals surface area (Å²) < 4.78 is 19.9. The van der Waals surface area contributed by atoms with Crippen molar-refractivity contribution in [1.29, 1.82) is 0 Å². The molecule has 0 amide bonds. The van der Waals surface area contributed by atoms with Gasteiger partial charge in [0.1, 0.15) is 5.82 Å². The van der Waals surface area contributed by atoms with Crippen molar-refractivity contribution in [2.45, 2.75) is 19.8 Å². The van der Waals surface area contributed by atoms with Gasteiger partial charge in [0.05, 0.1) is 5.52 Å². The third-order valence-electron chi connectivity index (χ3n) is 4.15. The summed E-state index contributed by atoms with van der Waals surface area (Å²) >= 11 is 0. The lowest BCUT2D eigenvalue weighted by Gasteiger charge is -2.08. The van der Waals surface area contributed by atoms with Gasteiger partial charge in [-0.25, -0.2) is 9.37 Å². The SMILES string of the molecule is CCc1c[nH]c2c(Oc3cc(Cc4ccn[nH]4)ccn3)cc(F)cc12. The molecule has 25 heavy (non-hydrogen) atoms. The number of rotatable bonds is 5. The molecule has 0 radical (unpaired) electrons.